The van der Waals surface area contributed by atoms with Crippen molar-refractivity contribution in [2.75, 3.05) is 0 Å². The molecule has 24 heavy (non-hydrogen) atoms. The highest BCUT2D eigenvalue weighted by Gasteiger charge is 2.18. The molecule has 126 valence electrons. The van der Waals surface area contributed by atoms with Crippen LogP contribution < -0.4 is 4.72 Å². The van der Waals surface area contributed by atoms with Gasteiger partial charge in [0.25, 0.3) is 11.4 Å². The number of hydrogen-bond donors (Lipinski definition) is 1. The molecule has 0 aliphatic heterocycles. The lowest BCUT2D eigenvalue weighted by Gasteiger charge is -2.08. The Kier molecular flexibility index (Phi) is 5.12. The number of sulfonamides is 1. The first kappa shape index (κ1) is 17.8. The van der Waals surface area contributed by atoms with E-state index >= 15 is 0 Å². The van der Waals surface area contributed by atoms with Crippen LogP contribution in [-0.4, -0.2) is 18.3 Å². The summed E-state index contributed by atoms with van der Waals surface area (Å²) in [6.07, 6.45) is 0. The van der Waals surface area contributed by atoms with Crippen molar-refractivity contribution in [3.8, 4) is 0 Å². The normalized spacial score (nSPS) is 11.2. The van der Waals surface area contributed by atoms with Crippen LogP contribution in [0.15, 0.2) is 47.4 Å². The van der Waals surface area contributed by atoms with Gasteiger partial charge in [0.1, 0.15) is 0 Å². The van der Waals surface area contributed by atoms with Gasteiger partial charge in [-0.1, -0.05) is 17.7 Å². The summed E-state index contributed by atoms with van der Waals surface area (Å²) in [7, 11) is -4.00. The predicted molar refractivity (Wildman–Crippen MR) is 85.2 cm³/mol. The second-order valence-electron chi connectivity index (χ2n) is 4.61. The molecule has 0 spiro atoms. The van der Waals surface area contributed by atoms with Crippen LogP contribution in [-0.2, 0) is 16.6 Å². The zero-order valence-corrected chi connectivity index (χ0v) is 13.5. The Labute approximate surface area is 141 Å². The van der Waals surface area contributed by atoms with Gasteiger partial charge in [-0.3, -0.25) is 20.2 Å². The van der Waals surface area contributed by atoms with E-state index < -0.39 is 19.9 Å². The van der Waals surface area contributed by atoms with Crippen molar-refractivity contribution < 1.29 is 18.3 Å². The monoisotopic (exact) mass is 371 g/mol. The first-order valence-electron chi connectivity index (χ1n) is 6.37. The predicted octanol–water partition coefficient (Wildman–Crippen LogP) is 2.63. The van der Waals surface area contributed by atoms with Gasteiger partial charge in [0.15, 0.2) is 0 Å². The number of nitrogens with one attached hydrogen (secondary N) is 1. The number of rotatable bonds is 6. The second-order valence-corrected chi connectivity index (χ2v) is 6.79. The molecule has 2 rings (SSSR count). The molecule has 0 aromatic heterocycles. The highest BCUT2D eigenvalue weighted by molar-refractivity contribution is 7.89. The number of nitrogens with zero attached hydrogens (tertiary/aromatic N) is 2. The van der Waals surface area contributed by atoms with Crippen LogP contribution in [0.1, 0.15) is 5.56 Å². The van der Waals surface area contributed by atoms with Gasteiger partial charge in [0, 0.05) is 30.8 Å². The van der Waals surface area contributed by atoms with E-state index in [-0.39, 0.29) is 27.8 Å². The van der Waals surface area contributed by atoms with E-state index in [4.69, 9.17) is 11.6 Å². The standard InChI is InChI=1S/C13H10ClN3O6S/c14-13-7-11(17(20)21)5-4-9(13)8-15-24(22,23)12-3-1-2-10(6-12)16(18)19/h1-7,15H,8H2. The molecule has 0 saturated heterocycles. The highest BCUT2D eigenvalue weighted by atomic mass is 35.5. The minimum absolute atomic E-state index is 0.0333. The highest BCUT2D eigenvalue weighted by Crippen LogP contribution is 2.23. The van der Waals surface area contributed by atoms with Crippen LogP contribution in [0.3, 0.4) is 0 Å². The van der Waals surface area contributed by atoms with Gasteiger partial charge in [-0.25, -0.2) is 13.1 Å². The van der Waals surface area contributed by atoms with Crippen LogP contribution in [0.4, 0.5) is 11.4 Å². The van der Waals surface area contributed by atoms with E-state index in [9.17, 15) is 28.6 Å². The molecule has 9 nitrogen and oxygen atoms in total. The first-order chi connectivity index (χ1) is 11.2. The Balaban J connectivity index is 2.20. The third-order valence-electron chi connectivity index (χ3n) is 3.04. The summed E-state index contributed by atoms with van der Waals surface area (Å²) in [6, 6.07) is 8.21. The van der Waals surface area contributed by atoms with Gasteiger partial charge < -0.3 is 0 Å². The molecular formula is C13H10ClN3O6S. The van der Waals surface area contributed by atoms with Crippen LogP contribution in [0.5, 0.6) is 0 Å². The van der Waals surface area contributed by atoms with E-state index in [1.807, 2.05) is 0 Å². The Hall–Kier alpha value is -2.56. The number of non-ortho nitro benzene ring substituents is 2. The molecule has 11 heteroatoms. The minimum Gasteiger partial charge on any atom is -0.258 e. The van der Waals surface area contributed by atoms with E-state index in [1.54, 1.807) is 0 Å². The lowest BCUT2D eigenvalue weighted by molar-refractivity contribution is -0.385. The van der Waals surface area contributed by atoms with Gasteiger partial charge in [-0.2, -0.15) is 0 Å². The number of halogens is 1. The molecule has 0 amide bonds. The molecule has 0 bridgehead atoms. The van der Waals surface area contributed by atoms with Crippen molar-refractivity contribution in [2.24, 2.45) is 0 Å². The smallest absolute Gasteiger partial charge is 0.258 e. The van der Waals surface area contributed by atoms with Gasteiger partial charge in [-0.15, -0.1) is 0 Å². The lowest BCUT2D eigenvalue weighted by atomic mass is 10.2. The van der Waals surface area contributed by atoms with Gasteiger partial charge in [0.2, 0.25) is 10.0 Å². The van der Waals surface area contributed by atoms with Crippen molar-refractivity contribution in [3.63, 3.8) is 0 Å². The van der Waals surface area contributed by atoms with E-state index in [0.29, 0.717) is 5.56 Å². The van der Waals surface area contributed by atoms with Crippen molar-refractivity contribution in [2.45, 2.75) is 11.4 Å². The summed E-state index contributed by atoms with van der Waals surface area (Å²) < 4.78 is 26.6. The van der Waals surface area contributed by atoms with E-state index in [0.717, 1.165) is 12.1 Å². The number of nitro benzene ring substituents is 2. The van der Waals surface area contributed by atoms with Gasteiger partial charge in [-0.05, 0) is 17.7 Å². The lowest BCUT2D eigenvalue weighted by Crippen LogP contribution is -2.23. The summed E-state index contributed by atoms with van der Waals surface area (Å²) in [5, 5.41) is 21.4. The van der Waals surface area contributed by atoms with E-state index in [1.165, 1.54) is 30.3 Å². The van der Waals surface area contributed by atoms with Crippen LogP contribution >= 0.6 is 11.6 Å². The van der Waals surface area contributed by atoms with Crippen LogP contribution in [0.2, 0.25) is 5.02 Å². The fourth-order valence-electron chi connectivity index (χ4n) is 1.81. The molecule has 0 saturated carbocycles. The third kappa shape index (κ3) is 4.04. The fraction of sp³-hybridized carbons (Fsp3) is 0.0769. The summed E-state index contributed by atoms with van der Waals surface area (Å²) in [5.74, 6) is 0. The SMILES string of the molecule is O=[N+]([O-])c1cccc(S(=O)(=O)NCc2ccc([N+](=O)[O-])cc2Cl)c1. The van der Waals surface area contributed by atoms with Gasteiger partial charge >= 0.3 is 0 Å². The van der Waals surface area contributed by atoms with Crippen LogP contribution in [0.25, 0.3) is 0 Å². The molecule has 0 aliphatic carbocycles. The maximum Gasteiger partial charge on any atom is 0.270 e. The Morgan fingerprint density at radius 2 is 1.62 bits per heavy atom. The molecule has 1 N–H and O–H groups in total. The molecule has 0 unspecified atom stereocenters. The third-order valence-corrected chi connectivity index (χ3v) is 4.79. The molecule has 0 radical (unpaired) electrons. The number of nitro groups is 2. The number of hydrogen-bond acceptors (Lipinski definition) is 6. The summed E-state index contributed by atoms with van der Waals surface area (Å²) in [5.41, 5.74) is -0.243. The van der Waals surface area contributed by atoms with Gasteiger partial charge in [0.05, 0.1) is 19.8 Å². The molecule has 2 aromatic carbocycles. The Morgan fingerprint density at radius 1 is 1.00 bits per heavy atom. The van der Waals surface area contributed by atoms with Crippen molar-refractivity contribution >= 4 is 33.0 Å². The number of benzene rings is 2. The van der Waals surface area contributed by atoms with Crippen molar-refractivity contribution in [1.29, 1.82) is 0 Å². The molecular weight excluding hydrogens is 362 g/mol. The molecule has 0 fully saturated rings. The van der Waals surface area contributed by atoms with Crippen molar-refractivity contribution in [3.05, 3.63) is 73.3 Å². The zero-order chi connectivity index (χ0) is 17.9. The summed E-state index contributed by atoms with van der Waals surface area (Å²) in [6.45, 7) is -0.220. The van der Waals surface area contributed by atoms with Crippen molar-refractivity contribution in [1.82, 2.24) is 4.72 Å². The largest absolute Gasteiger partial charge is 0.270 e. The zero-order valence-electron chi connectivity index (χ0n) is 11.9. The van der Waals surface area contributed by atoms with E-state index in [2.05, 4.69) is 4.72 Å². The topological polar surface area (TPSA) is 132 Å². The molecule has 0 atom stereocenters. The summed E-state index contributed by atoms with van der Waals surface area (Å²) in [4.78, 5) is 19.7. The second kappa shape index (κ2) is 6.91. The molecule has 0 heterocycles. The maximum absolute atomic E-state index is 12.2. The maximum atomic E-state index is 12.2. The quantitative estimate of drug-likeness (QED) is 0.613. The Morgan fingerprint density at radius 3 is 2.21 bits per heavy atom. The first-order valence-corrected chi connectivity index (χ1v) is 8.24. The molecule has 0 aliphatic rings. The van der Waals surface area contributed by atoms with Crippen LogP contribution in [0, 0.1) is 20.2 Å². The average Bonchev–Trinajstić information content (AvgIpc) is 2.53. The average molecular weight is 372 g/mol. The fourth-order valence-corrected chi connectivity index (χ4v) is 3.10. The minimum atomic E-state index is -4.00. The molecule has 2 aromatic rings. The Bertz CT molecular complexity index is 916. The summed E-state index contributed by atoms with van der Waals surface area (Å²) >= 11 is 5.89.